The van der Waals surface area contributed by atoms with Gasteiger partial charge in [-0.3, -0.25) is 4.90 Å². The zero-order valence-electron chi connectivity index (χ0n) is 19.7. The van der Waals surface area contributed by atoms with Crippen molar-refractivity contribution in [2.75, 3.05) is 39.4 Å². The Hall–Kier alpha value is -0.940. The molecule has 2 rings (SSSR count). The topological polar surface area (TPSA) is 79.6 Å². The maximum Gasteiger partial charge on any atom is 0.191 e. The van der Waals surface area contributed by atoms with Crippen LogP contribution in [0.4, 0.5) is 0 Å². The van der Waals surface area contributed by atoms with Crippen molar-refractivity contribution < 1.29 is 4.74 Å². The van der Waals surface area contributed by atoms with Gasteiger partial charge in [0.05, 0.1) is 13.2 Å². The van der Waals surface area contributed by atoms with Crippen LogP contribution in [0.5, 0.6) is 0 Å². The Morgan fingerprint density at radius 2 is 1.93 bits per heavy atom. The van der Waals surface area contributed by atoms with E-state index in [0.717, 1.165) is 69.8 Å². The summed E-state index contributed by atoms with van der Waals surface area (Å²) in [6, 6.07) is 0.362. The highest BCUT2D eigenvalue weighted by molar-refractivity contribution is 14.0. The molecule has 1 saturated heterocycles. The van der Waals surface area contributed by atoms with E-state index in [9.17, 15) is 0 Å². The Kier molecular flexibility index (Phi) is 12.2. The smallest absolute Gasteiger partial charge is 0.191 e. The monoisotopic (exact) mass is 535 g/mol. The highest BCUT2D eigenvalue weighted by Gasteiger charge is 2.14. The first-order valence-corrected chi connectivity index (χ1v) is 10.9. The van der Waals surface area contributed by atoms with Gasteiger partial charge in [-0.25, -0.2) is 4.99 Å². The zero-order chi connectivity index (χ0) is 21.3. The van der Waals surface area contributed by atoms with Gasteiger partial charge < -0.3 is 19.9 Å². The average molecular weight is 536 g/mol. The SMILES string of the molecule is Cc1nnc(CN=C(NCCCN2CCOCC2)NC(C)CCC(C)(C)C)n1C.I. The summed E-state index contributed by atoms with van der Waals surface area (Å²) < 4.78 is 7.41. The van der Waals surface area contributed by atoms with Crippen LogP contribution in [0, 0.1) is 12.3 Å². The Morgan fingerprint density at radius 3 is 2.53 bits per heavy atom. The van der Waals surface area contributed by atoms with Crippen molar-refractivity contribution in [1.82, 2.24) is 30.3 Å². The molecule has 0 amide bonds. The second-order valence-electron chi connectivity index (χ2n) is 9.27. The third-order valence-electron chi connectivity index (χ3n) is 5.32. The van der Waals surface area contributed by atoms with E-state index in [2.05, 4.69) is 53.4 Å². The highest BCUT2D eigenvalue weighted by Crippen LogP contribution is 2.21. The molecule has 2 N–H and O–H groups in total. The third-order valence-corrected chi connectivity index (χ3v) is 5.32. The number of guanidine groups is 1. The lowest BCUT2D eigenvalue weighted by molar-refractivity contribution is 0.0376. The minimum Gasteiger partial charge on any atom is -0.379 e. The fourth-order valence-corrected chi connectivity index (χ4v) is 3.18. The fraction of sp³-hybridized carbons (Fsp3) is 0.857. The summed E-state index contributed by atoms with van der Waals surface area (Å²) in [5.74, 6) is 2.63. The summed E-state index contributed by atoms with van der Waals surface area (Å²) in [5.41, 5.74) is 0.342. The highest BCUT2D eigenvalue weighted by atomic mass is 127. The summed E-state index contributed by atoms with van der Waals surface area (Å²) in [7, 11) is 1.98. The van der Waals surface area contributed by atoms with Crippen LogP contribution in [-0.4, -0.2) is 71.1 Å². The first-order valence-electron chi connectivity index (χ1n) is 10.9. The van der Waals surface area contributed by atoms with Gasteiger partial charge in [-0.15, -0.1) is 34.2 Å². The van der Waals surface area contributed by atoms with Gasteiger partial charge in [-0.2, -0.15) is 0 Å². The minimum absolute atomic E-state index is 0. The van der Waals surface area contributed by atoms with E-state index in [1.165, 1.54) is 6.42 Å². The van der Waals surface area contributed by atoms with Crippen molar-refractivity contribution in [2.24, 2.45) is 17.5 Å². The Balaban J connectivity index is 0.00000450. The lowest BCUT2D eigenvalue weighted by atomic mass is 9.89. The molecule has 1 fully saturated rings. The quantitative estimate of drug-likeness (QED) is 0.219. The molecule has 1 aromatic heterocycles. The zero-order valence-corrected chi connectivity index (χ0v) is 22.0. The second kappa shape index (κ2) is 13.5. The first kappa shape index (κ1) is 27.1. The summed E-state index contributed by atoms with van der Waals surface area (Å²) in [4.78, 5) is 7.24. The number of halogens is 1. The van der Waals surface area contributed by atoms with Crippen LogP contribution in [0.25, 0.3) is 0 Å². The molecule has 9 heteroatoms. The number of aromatic nitrogens is 3. The lowest BCUT2D eigenvalue weighted by Crippen LogP contribution is -2.44. The van der Waals surface area contributed by atoms with Crippen molar-refractivity contribution in [1.29, 1.82) is 0 Å². The summed E-state index contributed by atoms with van der Waals surface area (Å²) in [6.07, 6.45) is 3.37. The molecular formula is C21H42IN7O. The van der Waals surface area contributed by atoms with Crippen molar-refractivity contribution in [3.63, 3.8) is 0 Å². The molecule has 1 unspecified atom stereocenters. The number of rotatable bonds is 9. The Bertz CT molecular complexity index is 636. The van der Waals surface area contributed by atoms with Crippen LogP contribution in [-0.2, 0) is 18.3 Å². The predicted molar refractivity (Wildman–Crippen MR) is 133 cm³/mol. The number of morpholine rings is 1. The molecule has 8 nitrogen and oxygen atoms in total. The molecule has 2 heterocycles. The van der Waals surface area contributed by atoms with Gasteiger partial charge >= 0.3 is 0 Å². The Morgan fingerprint density at radius 1 is 1.23 bits per heavy atom. The van der Waals surface area contributed by atoms with E-state index in [0.29, 0.717) is 18.0 Å². The summed E-state index contributed by atoms with van der Waals surface area (Å²) in [6.45, 7) is 17.3. The average Bonchev–Trinajstić information content (AvgIpc) is 3.00. The molecule has 0 saturated carbocycles. The van der Waals surface area contributed by atoms with E-state index in [-0.39, 0.29) is 24.0 Å². The number of ether oxygens (including phenoxy) is 1. The van der Waals surface area contributed by atoms with Gasteiger partial charge in [0.1, 0.15) is 12.4 Å². The molecule has 0 aliphatic carbocycles. The van der Waals surface area contributed by atoms with Crippen LogP contribution in [0.2, 0.25) is 0 Å². The van der Waals surface area contributed by atoms with E-state index in [1.54, 1.807) is 0 Å². The van der Waals surface area contributed by atoms with Gasteiger partial charge in [0.25, 0.3) is 0 Å². The third kappa shape index (κ3) is 10.4. The number of hydrogen-bond donors (Lipinski definition) is 2. The first-order chi connectivity index (χ1) is 13.7. The van der Waals surface area contributed by atoms with Crippen molar-refractivity contribution in [3.05, 3.63) is 11.6 Å². The molecule has 0 bridgehead atoms. The van der Waals surface area contributed by atoms with Crippen LogP contribution in [0.15, 0.2) is 4.99 Å². The van der Waals surface area contributed by atoms with E-state index in [1.807, 2.05) is 18.5 Å². The predicted octanol–water partition coefficient (Wildman–Crippen LogP) is 2.71. The molecule has 0 aromatic carbocycles. The maximum absolute atomic E-state index is 5.42. The second-order valence-corrected chi connectivity index (χ2v) is 9.27. The lowest BCUT2D eigenvalue weighted by Gasteiger charge is -2.27. The van der Waals surface area contributed by atoms with Gasteiger partial charge in [0, 0.05) is 32.7 Å². The van der Waals surface area contributed by atoms with Crippen LogP contribution < -0.4 is 10.6 Å². The van der Waals surface area contributed by atoms with Crippen molar-refractivity contribution in [3.8, 4) is 0 Å². The molecule has 30 heavy (non-hydrogen) atoms. The number of aryl methyl sites for hydroxylation is 1. The van der Waals surface area contributed by atoms with Gasteiger partial charge in [-0.05, 0) is 45.1 Å². The molecular weight excluding hydrogens is 493 g/mol. The molecule has 1 atom stereocenters. The van der Waals surface area contributed by atoms with Crippen LogP contribution in [0.1, 0.15) is 58.6 Å². The van der Waals surface area contributed by atoms with Gasteiger partial charge in [-0.1, -0.05) is 20.8 Å². The molecule has 174 valence electrons. The number of hydrogen-bond acceptors (Lipinski definition) is 5. The summed E-state index contributed by atoms with van der Waals surface area (Å²) >= 11 is 0. The largest absolute Gasteiger partial charge is 0.379 e. The number of aliphatic imine (C=N–C) groups is 1. The molecule has 0 radical (unpaired) electrons. The summed E-state index contributed by atoms with van der Waals surface area (Å²) in [5, 5.41) is 15.4. The fourth-order valence-electron chi connectivity index (χ4n) is 3.18. The van der Waals surface area contributed by atoms with Crippen LogP contribution in [0.3, 0.4) is 0 Å². The number of nitrogens with one attached hydrogen (secondary N) is 2. The standard InChI is InChI=1S/C21H41N7O.HI/c1-17(8-9-21(3,4)5)24-20(23-16-19-26-25-18(2)27(19)6)22-10-7-11-28-12-14-29-15-13-28;/h17H,7-16H2,1-6H3,(H2,22,23,24);1H. The minimum atomic E-state index is 0. The molecule has 1 aliphatic rings. The molecule has 1 aromatic rings. The van der Waals surface area contributed by atoms with E-state index < -0.39 is 0 Å². The molecule has 1 aliphatic heterocycles. The van der Waals surface area contributed by atoms with Crippen molar-refractivity contribution in [2.45, 2.75) is 66.5 Å². The maximum atomic E-state index is 5.42. The van der Waals surface area contributed by atoms with E-state index in [4.69, 9.17) is 9.73 Å². The van der Waals surface area contributed by atoms with E-state index >= 15 is 0 Å². The van der Waals surface area contributed by atoms with Crippen molar-refractivity contribution >= 4 is 29.9 Å². The van der Waals surface area contributed by atoms with Crippen LogP contribution >= 0.6 is 24.0 Å². The Labute approximate surface area is 199 Å². The molecule has 0 spiro atoms. The normalized spacial score (nSPS) is 16.8. The van der Waals surface area contributed by atoms with Gasteiger partial charge in [0.2, 0.25) is 0 Å². The number of nitrogens with zero attached hydrogens (tertiary/aromatic N) is 5. The van der Waals surface area contributed by atoms with Gasteiger partial charge in [0.15, 0.2) is 11.8 Å².